The van der Waals surface area contributed by atoms with Gasteiger partial charge in [-0.3, -0.25) is 4.79 Å². The highest BCUT2D eigenvalue weighted by molar-refractivity contribution is 5.96. The molecule has 0 aromatic heterocycles. The predicted molar refractivity (Wildman–Crippen MR) is 139 cm³/mol. The highest BCUT2D eigenvalue weighted by Crippen LogP contribution is 2.42. The molecule has 5 rings (SSSR count). The lowest BCUT2D eigenvalue weighted by molar-refractivity contribution is 0.101. The van der Waals surface area contributed by atoms with Gasteiger partial charge < -0.3 is 0 Å². The van der Waals surface area contributed by atoms with Gasteiger partial charge in [-0.2, -0.15) is 0 Å². The van der Waals surface area contributed by atoms with Crippen molar-refractivity contribution in [2.75, 3.05) is 0 Å². The number of aryl methyl sites for hydroxylation is 2. The summed E-state index contributed by atoms with van der Waals surface area (Å²) in [6, 6.07) is 13.4. The van der Waals surface area contributed by atoms with Gasteiger partial charge in [0, 0.05) is 11.5 Å². The molecule has 0 bridgehead atoms. The molecule has 0 aliphatic heterocycles. The summed E-state index contributed by atoms with van der Waals surface area (Å²) in [5.74, 6) is 1.19. The zero-order chi connectivity index (χ0) is 22.9. The molecular weight excluding hydrogens is 400 g/mol. The number of carbonyl (C=O) groups is 1. The molecule has 168 valence electrons. The van der Waals surface area contributed by atoms with Crippen LogP contribution >= 0.6 is 0 Å². The Balaban J connectivity index is 1.40. The summed E-state index contributed by atoms with van der Waals surface area (Å²) in [6.45, 7) is 5.97. The Bertz CT molecular complexity index is 1210. The smallest absolute Gasteiger partial charge is 0.160 e. The maximum Gasteiger partial charge on any atom is 0.160 e. The molecule has 1 unspecified atom stereocenters. The van der Waals surface area contributed by atoms with E-state index in [0.29, 0.717) is 5.92 Å². The number of hydrogen-bond donors (Lipinski definition) is 0. The number of ketones is 1. The number of hydrogen-bond acceptors (Lipinski definition) is 1. The van der Waals surface area contributed by atoms with Crippen molar-refractivity contribution in [2.24, 2.45) is 5.92 Å². The van der Waals surface area contributed by atoms with E-state index in [1.54, 1.807) is 12.5 Å². The van der Waals surface area contributed by atoms with Crippen molar-refractivity contribution in [3.8, 4) is 0 Å². The number of carbonyl (C=O) groups excluding carboxylic acids is 1. The lowest BCUT2D eigenvalue weighted by Crippen LogP contribution is -2.11. The lowest BCUT2D eigenvalue weighted by Gasteiger charge is -2.26. The van der Waals surface area contributed by atoms with E-state index in [-0.39, 0.29) is 5.78 Å². The monoisotopic (exact) mass is 434 g/mol. The van der Waals surface area contributed by atoms with Crippen LogP contribution < -0.4 is 0 Å². The maximum atomic E-state index is 11.8. The van der Waals surface area contributed by atoms with Crippen molar-refractivity contribution in [1.29, 1.82) is 0 Å². The quantitative estimate of drug-likeness (QED) is 0.433. The van der Waals surface area contributed by atoms with Gasteiger partial charge in [-0.15, -0.1) is 0 Å². The number of allylic oxidation sites excluding steroid dienone is 8. The molecule has 0 spiro atoms. The normalized spacial score (nSPS) is 20.2. The topological polar surface area (TPSA) is 17.1 Å². The van der Waals surface area contributed by atoms with Crippen LogP contribution in [0.5, 0.6) is 0 Å². The van der Waals surface area contributed by atoms with Crippen molar-refractivity contribution in [2.45, 2.75) is 65.2 Å². The van der Waals surface area contributed by atoms with Crippen molar-refractivity contribution in [3.05, 3.63) is 111 Å². The molecule has 0 saturated heterocycles. The predicted octanol–water partition coefficient (Wildman–Crippen LogP) is 8.23. The van der Waals surface area contributed by atoms with Crippen LogP contribution in [0.2, 0.25) is 0 Å². The maximum absolute atomic E-state index is 11.8. The largest absolute Gasteiger partial charge is 0.295 e. The van der Waals surface area contributed by atoms with E-state index in [1.807, 2.05) is 13.0 Å². The Morgan fingerprint density at radius 3 is 2.42 bits per heavy atom. The highest BCUT2D eigenvalue weighted by atomic mass is 16.1. The minimum Gasteiger partial charge on any atom is -0.295 e. The number of rotatable bonds is 5. The van der Waals surface area contributed by atoms with Crippen molar-refractivity contribution in [3.63, 3.8) is 0 Å². The Hall–Kier alpha value is -2.93. The Morgan fingerprint density at radius 2 is 1.70 bits per heavy atom. The first-order chi connectivity index (χ1) is 16.0. The molecule has 3 aliphatic carbocycles. The van der Waals surface area contributed by atoms with Gasteiger partial charge in [0.05, 0.1) is 0 Å². The summed E-state index contributed by atoms with van der Waals surface area (Å²) in [7, 11) is 0. The van der Waals surface area contributed by atoms with E-state index in [0.717, 1.165) is 23.5 Å². The van der Waals surface area contributed by atoms with Gasteiger partial charge in [0.1, 0.15) is 0 Å². The van der Waals surface area contributed by atoms with E-state index < -0.39 is 0 Å². The van der Waals surface area contributed by atoms with Gasteiger partial charge in [0.25, 0.3) is 0 Å². The summed E-state index contributed by atoms with van der Waals surface area (Å²) in [5, 5.41) is 0. The minimum atomic E-state index is 0.130. The first-order valence-corrected chi connectivity index (χ1v) is 12.5. The molecule has 2 aromatic rings. The summed E-state index contributed by atoms with van der Waals surface area (Å²) in [5.41, 5.74) is 11.7. The van der Waals surface area contributed by atoms with Gasteiger partial charge in [0.2, 0.25) is 0 Å². The third kappa shape index (κ3) is 4.34. The van der Waals surface area contributed by atoms with Crippen molar-refractivity contribution < 1.29 is 4.79 Å². The first-order valence-electron chi connectivity index (χ1n) is 12.5. The molecule has 1 atom stereocenters. The molecule has 2 aromatic carbocycles. The molecule has 0 heterocycles. The van der Waals surface area contributed by atoms with Crippen LogP contribution in [0.15, 0.2) is 77.9 Å². The molecule has 1 heteroatoms. The molecule has 3 aliphatic rings. The van der Waals surface area contributed by atoms with Crippen LogP contribution in [-0.4, -0.2) is 5.78 Å². The Morgan fingerprint density at radius 1 is 0.879 bits per heavy atom. The first kappa shape index (κ1) is 21.9. The van der Waals surface area contributed by atoms with Gasteiger partial charge in [0.15, 0.2) is 5.78 Å². The summed E-state index contributed by atoms with van der Waals surface area (Å²) < 4.78 is 0. The number of fused-ring (bicyclic) bond motifs is 1. The third-order valence-electron chi connectivity index (χ3n) is 7.80. The van der Waals surface area contributed by atoms with E-state index >= 15 is 0 Å². The van der Waals surface area contributed by atoms with Gasteiger partial charge in [-0.25, -0.2) is 0 Å². The molecule has 1 saturated carbocycles. The molecule has 33 heavy (non-hydrogen) atoms. The minimum absolute atomic E-state index is 0.130. The van der Waals surface area contributed by atoms with Gasteiger partial charge in [-0.1, -0.05) is 86.0 Å². The highest BCUT2D eigenvalue weighted by Gasteiger charge is 2.26. The number of Topliss-reactive ketones (excluding diaryl/α,β-unsaturated/α-hetero) is 1. The second-order valence-electron chi connectivity index (χ2n) is 10.1. The van der Waals surface area contributed by atoms with Crippen LogP contribution in [0.25, 0.3) is 5.57 Å². The second kappa shape index (κ2) is 9.14. The van der Waals surface area contributed by atoms with E-state index in [1.165, 1.54) is 65.5 Å². The average molecular weight is 435 g/mol. The summed E-state index contributed by atoms with van der Waals surface area (Å²) in [6.07, 6.45) is 19.2. The molecule has 0 amide bonds. The van der Waals surface area contributed by atoms with Crippen molar-refractivity contribution >= 4 is 11.4 Å². The lowest BCUT2D eigenvalue weighted by atomic mass is 9.78. The fraction of sp³-hybridized carbons (Fsp3) is 0.344. The zero-order valence-electron chi connectivity index (χ0n) is 20.2. The third-order valence-corrected chi connectivity index (χ3v) is 7.80. The fourth-order valence-electron chi connectivity index (χ4n) is 6.06. The van der Waals surface area contributed by atoms with Gasteiger partial charge >= 0.3 is 0 Å². The SMILES string of the molecule is CC(=O)c1ccc(C2=CC=C(Cc3ccc(C4CCCCC4)c(C)c3)C3=CC=CC32)cc1C. The van der Waals surface area contributed by atoms with Crippen molar-refractivity contribution in [1.82, 2.24) is 0 Å². The fourth-order valence-corrected chi connectivity index (χ4v) is 6.06. The molecule has 1 fully saturated rings. The van der Waals surface area contributed by atoms with E-state index in [9.17, 15) is 4.79 Å². The molecule has 0 N–H and O–H groups in total. The molecular formula is C32H34O. The molecule has 1 nitrogen and oxygen atoms in total. The van der Waals surface area contributed by atoms with E-state index in [2.05, 4.69) is 67.6 Å². The molecule has 0 radical (unpaired) electrons. The summed E-state index contributed by atoms with van der Waals surface area (Å²) >= 11 is 0. The standard InChI is InChI=1S/C32H34O/c1-21-18-24(12-15-29(21)25-8-5-4-6-9-25)20-27-14-17-31(32-11-7-10-30(27)32)26-13-16-28(23(3)33)22(2)19-26/h7,10-19,25,32H,4-6,8-9,20H2,1-3H3. The summed E-state index contributed by atoms with van der Waals surface area (Å²) in [4.78, 5) is 11.8. The van der Waals surface area contributed by atoms with Crippen LogP contribution in [-0.2, 0) is 6.42 Å². The van der Waals surface area contributed by atoms with Crippen LogP contribution in [0.4, 0.5) is 0 Å². The van der Waals surface area contributed by atoms with E-state index in [4.69, 9.17) is 0 Å². The average Bonchev–Trinajstić information content (AvgIpc) is 3.30. The van der Waals surface area contributed by atoms with Crippen LogP contribution in [0, 0.1) is 19.8 Å². The number of benzene rings is 2. The Kier molecular flexibility index (Phi) is 6.06. The van der Waals surface area contributed by atoms with Crippen LogP contribution in [0.3, 0.4) is 0 Å². The Labute approximate surface area is 198 Å². The van der Waals surface area contributed by atoms with Gasteiger partial charge in [-0.05, 0) is 90.5 Å². The second-order valence-corrected chi connectivity index (χ2v) is 10.1. The zero-order valence-corrected chi connectivity index (χ0v) is 20.2. The van der Waals surface area contributed by atoms with Crippen LogP contribution in [0.1, 0.15) is 83.1 Å².